The first-order chi connectivity index (χ1) is 12.7. The quantitative estimate of drug-likeness (QED) is 0.494. The number of cyclic esters (lactones) is 1. The molecular formula is C21H14ClNO3. The SMILES string of the molecule is COc1ccc2ccccc2c1/C=C1/N=C(c2ccccc2Cl)OC1=O. The molecular weight excluding hydrogens is 350 g/mol. The van der Waals surface area contributed by atoms with Gasteiger partial charge in [-0.2, -0.15) is 0 Å². The fourth-order valence-electron chi connectivity index (χ4n) is 2.90. The van der Waals surface area contributed by atoms with Crippen LogP contribution >= 0.6 is 11.6 Å². The van der Waals surface area contributed by atoms with E-state index < -0.39 is 5.97 Å². The normalized spacial score (nSPS) is 15.2. The van der Waals surface area contributed by atoms with Crippen molar-refractivity contribution in [2.24, 2.45) is 4.99 Å². The molecule has 0 bridgehead atoms. The van der Waals surface area contributed by atoms with E-state index in [1.54, 1.807) is 31.4 Å². The lowest BCUT2D eigenvalue weighted by atomic mass is 10.0. The third kappa shape index (κ3) is 2.85. The summed E-state index contributed by atoms with van der Waals surface area (Å²) in [6.07, 6.45) is 1.69. The molecule has 4 nitrogen and oxygen atoms in total. The van der Waals surface area contributed by atoms with Crippen LogP contribution in [0.5, 0.6) is 5.75 Å². The molecule has 0 radical (unpaired) electrons. The fourth-order valence-corrected chi connectivity index (χ4v) is 3.11. The van der Waals surface area contributed by atoms with Gasteiger partial charge in [0.1, 0.15) is 5.75 Å². The van der Waals surface area contributed by atoms with Gasteiger partial charge in [-0.3, -0.25) is 0 Å². The van der Waals surface area contributed by atoms with E-state index in [-0.39, 0.29) is 11.6 Å². The molecule has 26 heavy (non-hydrogen) atoms. The van der Waals surface area contributed by atoms with Gasteiger partial charge in [0.15, 0.2) is 5.70 Å². The second-order valence-electron chi connectivity index (χ2n) is 5.72. The van der Waals surface area contributed by atoms with Crippen molar-refractivity contribution in [2.45, 2.75) is 0 Å². The number of methoxy groups -OCH3 is 1. The number of fused-ring (bicyclic) bond motifs is 1. The second kappa shape index (κ2) is 6.65. The smallest absolute Gasteiger partial charge is 0.363 e. The molecule has 0 saturated carbocycles. The third-order valence-electron chi connectivity index (χ3n) is 4.16. The minimum absolute atomic E-state index is 0.200. The number of esters is 1. The zero-order valence-corrected chi connectivity index (χ0v) is 14.7. The van der Waals surface area contributed by atoms with E-state index in [0.29, 0.717) is 16.3 Å². The van der Waals surface area contributed by atoms with Crippen molar-refractivity contribution < 1.29 is 14.3 Å². The summed E-state index contributed by atoms with van der Waals surface area (Å²) < 4.78 is 10.8. The van der Waals surface area contributed by atoms with Crippen molar-refractivity contribution in [1.82, 2.24) is 0 Å². The van der Waals surface area contributed by atoms with E-state index in [1.165, 1.54) is 0 Å². The van der Waals surface area contributed by atoms with Crippen LogP contribution in [-0.2, 0) is 9.53 Å². The zero-order chi connectivity index (χ0) is 18.1. The Morgan fingerprint density at radius 2 is 1.81 bits per heavy atom. The Morgan fingerprint density at radius 1 is 1.04 bits per heavy atom. The number of hydrogen-bond donors (Lipinski definition) is 0. The number of carbonyl (C=O) groups is 1. The van der Waals surface area contributed by atoms with Crippen LogP contribution in [0, 0.1) is 0 Å². The average Bonchev–Trinajstić information content (AvgIpc) is 3.02. The van der Waals surface area contributed by atoms with Gasteiger partial charge in [-0.1, -0.05) is 54.1 Å². The molecule has 0 N–H and O–H groups in total. The van der Waals surface area contributed by atoms with E-state index in [9.17, 15) is 4.79 Å². The Bertz CT molecular complexity index is 1090. The fraction of sp³-hybridized carbons (Fsp3) is 0.0476. The summed E-state index contributed by atoms with van der Waals surface area (Å²) in [6, 6.07) is 18.8. The minimum atomic E-state index is -0.519. The topological polar surface area (TPSA) is 47.9 Å². The van der Waals surface area contributed by atoms with E-state index >= 15 is 0 Å². The standard InChI is InChI=1S/C21H14ClNO3/c1-25-19-11-10-13-6-2-3-7-14(13)16(19)12-18-21(24)26-20(23-18)15-8-4-5-9-17(15)22/h2-12H,1H3/b18-12+. The number of aliphatic imine (C=N–C) groups is 1. The van der Waals surface area contributed by atoms with Crippen LogP contribution in [0.4, 0.5) is 0 Å². The molecule has 0 saturated heterocycles. The van der Waals surface area contributed by atoms with Crippen LogP contribution < -0.4 is 4.74 Å². The first-order valence-electron chi connectivity index (χ1n) is 8.00. The lowest BCUT2D eigenvalue weighted by Gasteiger charge is -2.08. The molecule has 4 rings (SSSR count). The Kier molecular flexibility index (Phi) is 4.19. The third-order valence-corrected chi connectivity index (χ3v) is 4.49. The second-order valence-corrected chi connectivity index (χ2v) is 6.13. The summed E-state index contributed by atoms with van der Waals surface area (Å²) in [5.41, 5.74) is 1.56. The first kappa shape index (κ1) is 16.4. The monoisotopic (exact) mass is 363 g/mol. The molecule has 3 aromatic carbocycles. The molecule has 0 aliphatic carbocycles. The van der Waals surface area contributed by atoms with Crippen LogP contribution in [0.15, 0.2) is 71.4 Å². The van der Waals surface area contributed by atoms with Gasteiger partial charge in [0.2, 0.25) is 5.90 Å². The maximum atomic E-state index is 12.3. The summed E-state index contributed by atoms with van der Waals surface area (Å²) in [7, 11) is 1.59. The van der Waals surface area contributed by atoms with Crippen LogP contribution in [0.2, 0.25) is 5.02 Å². The number of carbonyl (C=O) groups excluding carboxylic acids is 1. The van der Waals surface area contributed by atoms with Crippen LogP contribution in [0.25, 0.3) is 16.8 Å². The van der Waals surface area contributed by atoms with Gasteiger partial charge in [0.05, 0.1) is 17.7 Å². The highest BCUT2D eigenvalue weighted by Gasteiger charge is 2.26. The van der Waals surface area contributed by atoms with Crippen LogP contribution in [0.1, 0.15) is 11.1 Å². The molecule has 128 valence electrons. The maximum Gasteiger partial charge on any atom is 0.363 e. The molecule has 0 aromatic heterocycles. The molecule has 0 unspecified atom stereocenters. The molecule has 1 heterocycles. The summed E-state index contributed by atoms with van der Waals surface area (Å²) in [6.45, 7) is 0. The van der Waals surface area contributed by atoms with Gasteiger partial charge >= 0.3 is 5.97 Å². The van der Waals surface area contributed by atoms with Gasteiger partial charge < -0.3 is 9.47 Å². The Balaban J connectivity index is 1.85. The molecule has 1 aliphatic heterocycles. The van der Waals surface area contributed by atoms with Crippen molar-refractivity contribution in [2.75, 3.05) is 7.11 Å². The Morgan fingerprint density at radius 3 is 2.62 bits per heavy atom. The molecule has 0 spiro atoms. The van der Waals surface area contributed by atoms with E-state index in [2.05, 4.69) is 4.99 Å². The predicted octanol–water partition coefficient (Wildman–Crippen LogP) is 4.85. The first-order valence-corrected chi connectivity index (χ1v) is 8.38. The Hall–Kier alpha value is -3.11. The van der Waals surface area contributed by atoms with Gasteiger partial charge in [-0.05, 0) is 35.0 Å². The van der Waals surface area contributed by atoms with Gasteiger partial charge in [-0.15, -0.1) is 0 Å². The van der Waals surface area contributed by atoms with Crippen LogP contribution in [0.3, 0.4) is 0 Å². The van der Waals surface area contributed by atoms with Gasteiger partial charge in [0.25, 0.3) is 0 Å². The largest absolute Gasteiger partial charge is 0.496 e. The zero-order valence-electron chi connectivity index (χ0n) is 13.9. The van der Waals surface area contributed by atoms with Gasteiger partial charge in [-0.25, -0.2) is 9.79 Å². The van der Waals surface area contributed by atoms with Crippen LogP contribution in [-0.4, -0.2) is 19.0 Å². The summed E-state index contributed by atoms with van der Waals surface area (Å²) >= 11 is 6.17. The number of nitrogens with zero attached hydrogens (tertiary/aromatic N) is 1. The molecule has 0 fully saturated rings. The molecule has 5 heteroatoms. The van der Waals surface area contributed by atoms with E-state index in [1.807, 2.05) is 42.5 Å². The molecule has 0 atom stereocenters. The average molecular weight is 364 g/mol. The number of benzene rings is 3. The molecule has 1 aliphatic rings. The summed E-state index contributed by atoms with van der Waals surface area (Å²) in [4.78, 5) is 16.7. The Labute approximate surface area is 155 Å². The number of ether oxygens (including phenoxy) is 2. The summed E-state index contributed by atoms with van der Waals surface area (Å²) in [5.74, 6) is 0.339. The summed E-state index contributed by atoms with van der Waals surface area (Å²) in [5, 5.41) is 2.48. The highest BCUT2D eigenvalue weighted by atomic mass is 35.5. The lowest BCUT2D eigenvalue weighted by molar-refractivity contribution is -0.129. The number of hydrogen-bond acceptors (Lipinski definition) is 4. The predicted molar refractivity (Wildman–Crippen MR) is 103 cm³/mol. The van der Waals surface area contributed by atoms with Crippen molar-refractivity contribution in [3.63, 3.8) is 0 Å². The van der Waals surface area contributed by atoms with Gasteiger partial charge in [0, 0.05) is 5.56 Å². The highest BCUT2D eigenvalue weighted by Crippen LogP contribution is 2.32. The van der Waals surface area contributed by atoms with Crippen molar-refractivity contribution >= 4 is 40.3 Å². The van der Waals surface area contributed by atoms with Crippen molar-refractivity contribution in [3.8, 4) is 5.75 Å². The highest BCUT2D eigenvalue weighted by molar-refractivity contribution is 6.34. The van der Waals surface area contributed by atoms with Crippen molar-refractivity contribution in [1.29, 1.82) is 0 Å². The maximum absolute atomic E-state index is 12.3. The number of rotatable bonds is 3. The minimum Gasteiger partial charge on any atom is -0.496 e. The van der Waals surface area contributed by atoms with E-state index in [4.69, 9.17) is 21.1 Å². The lowest BCUT2D eigenvalue weighted by Crippen LogP contribution is -2.05. The molecule has 0 amide bonds. The number of halogens is 1. The van der Waals surface area contributed by atoms with Crippen molar-refractivity contribution in [3.05, 3.63) is 82.5 Å². The molecule has 3 aromatic rings. The van der Waals surface area contributed by atoms with E-state index in [0.717, 1.165) is 16.3 Å².